The fourth-order valence-corrected chi connectivity index (χ4v) is 4.74. The number of hydrogen-bond acceptors (Lipinski definition) is 3. The second kappa shape index (κ2) is 5.78. The monoisotopic (exact) mass is 374 g/mol. The molecule has 2 saturated carbocycles. The van der Waals surface area contributed by atoms with Gasteiger partial charge in [-0.05, 0) is 49.3 Å². The quantitative estimate of drug-likeness (QED) is 0.820. The summed E-state index contributed by atoms with van der Waals surface area (Å²) in [6.07, 6.45) is 7.62. The van der Waals surface area contributed by atoms with Crippen LogP contribution in [0, 0.1) is 11.2 Å². The number of hydrogen-bond donors (Lipinski definition) is 0. The van der Waals surface area contributed by atoms with Crippen molar-refractivity contribution in [2.75, 3.05) is 13.1 Å². The van der Waals surface area contributed by atoms with Gasteiger partial charge in [-0.2, -0.15) is 0 Å². The van der Waals surface area contributed by atoms with Crippen molar-refractivity contribution >= 4 is 17.5 Å². The highest BCUT2D eigenvalue weighted by molar-refractivity contribution is 6.31. The van der Waals surface area contributed by atoms with Crippen molar-refractivity contribution in [3.8, 4) is 0 Å². The molecule has 26 heavy (non-hydrogen) atoms. The molecule has 3 fully saturated rings. The summed E-state index contributed by atoms with van der Waals surface area (Å²) >= 11 is 5.86. The zero-order valence-corrected chi connectivity index (χ0v) is 15.1. The molecule has 1 aliphatic heterocycles. The molecule has 136 valence electrons. The molecule has 5 rings (SSSR count). The highest BCUT2D eigenvalue weighted by Crippen LogP contribution is 2.56. The minimum absolute atomic E-state index is 0.0153. The predicted octanol–water partition coefficient (Wildman–Crippen LogP) is 3.82. The molecule has 3 aliphatic rings. The molecule has 1 atom stereocenters. The summed E-state index contributed by atoms with van der Waals surface area (Å²) in [6.45, 7) is 1.36. The normalized spacial score (nSPS) is 24.1. The largest absolute Gasteiger partial charge is 0.337 e. The first-order valence-corrected chi connectivity index (χ1v) is 9.59. The topological polar surface area (TPSA) is 51.0 Å². The molecule has 0 bridgehead atoms. The van der Waals surface area contributed by atoms with E-state index < -0.39 is 5.82 Å². The molecule has 1 spiro atoms. The molecule has 0 N–H and O–H groups in total. The van der Waals surface area contributed by atoms with Gasteiger partial charge in [0.2, 0.25) is 0 Å². The second-order valence-corrected chi connectivity index (χ2v) is 8.32. The summed E-state index contributed by atoms with van der Waals surface area (Å²) in [5, 5.41) is 8.57. The maximum atomic E-state index is 13.4. The number of halogens is 2. The second-order valence-electron chi connectivity index (χ2n) is 7.91. The number of benzene rings is 1. The molecule has 5 nitrogen and oxygen atoms in total. The van der Waals surface area contributed by atoms with Gasteiger partial charge in [-0.3, -0.25) is 4.79 Å². The summed E-state index contributed by atoms with van der Waals surface area (Å²) in [6, 6.07) is 4.72. The predicted molar refractivity (Wildman–Crippen MR) is 94.6 cm³/mol. The first kappa shape index (κ1) is 16.2. The van der Waals surface area contributed by atoms with Gasteiger partial charge in [0.15, 0.2) is 0 Å². The third kappa shape index (κ3) is 2.46. The first-order valence-electron chi connectivity index (χ1n) is 9.21. The number of likely N-dealkylation sites (tertiary alicyclic amines) is 1. The molecule has 1 aromatic carbocycles. The number of carbonyl (C=O) groups excluding carboxylic acids is 1. The van der Waals surface area contributed by atoms with Gasteiger partial charge in [-0.1, -0.05) is 18.0 Å². The van der Waals surface area contributed by atoms with Crippen LogP contribution >= 0.6 is 11.6 Å². The molecule has 1 aromatic heterocycles. The zero-order valence-electron chi connectivity index (χ0n) is 14.4. The Hall–Kier alpha value is -1.95. The third-order valence-corrected chi connectivity index (χ3v) is 6.59. The Balaban J connectivity index is 1.44. The lowest BCUT2D eigenvalue weighted by molar-refractivity contribution is 0.0723. The van der Waals surface area contributed by atoms with E-state index in [1.54, 1.807) is 0 Å². The lowest BCUT2D eigenvalue weighted by atomic mass is 9.62. The van der Waals surface area contributed by atoms with Gasteiger partial charge >= 0.3 is 0 Å². The molecule has 0 radical (unpaired) electrons. The average Bonchev–Trinajstić information content (AvgIpc) is 3.18. The first-order chi connectivity index (χ1) is 12.6. The molecule has 1 unspecified atom stereocenters. The van der Waals surface area contributed by atoms with E-state index in [9.17, 15) is 9.18 Å². The van der Waals surface area contributed by atoms with Crippen LogP contribution in [0.15, 0.2) is 24.5 Å². The van der Waals surface area contributed by atoms with E-state index >= 15 is 0 Å². The Morgan fingerprint density at radius 2 is 2.12 bits per heavy atom. The van der Waals surface area contributed by atoms with Crippen LogP contribution in [0.2, 0.25) is 5.02 Å². The van der Waals surface area contributed by atoms with Crippen LogP contribution in [0.25, 0.3) is 0 Å². The maximum Gasteiger partial charge on any atom is 0.253 e. The Labute approximate surface area is 156 Å². The van der Waals surface area contributed by atoms with Crippen molar-refractivity contribution < 1.29 is 9.18 Å². The summed E-state index contributed by atoms with van der Waals surface area (Å²) in [7, 11) is 0. The maximum absolute atomic E-state index is 13.4. The Kier molecular flexibility index (Phi) is 3.61. The Bertz CT molecular complexity index is 874. The molecule has 2 aromatic rings. The van der Waals surface area contributed by atoms with E-state index in [2.05, 4.69) is 14.8 Å². The van der Waals surface area contributed by atoms with Crippen LogP contribution in [0.4, 0.5) is 4.39 Å². The zero-order chi connectivity index (χ0) is 17.9. The minimum Gasteiger partial charge on any atom is -0.337 e. The van der Waals surface area contributed by atoms with Gasteiger partial charge in [0, 0.05) is 30.6 Å². The molecular weight excluding hydrogens is 355 g/mol. The Morgan fingerprint density at radius 3 is 2.77 bits per heavy atom. The number of amides is 1. The summed E-state index contributed by atoms with van der Waals surface area (Å²) < 4.78 is 15.6. The molecule has 2 aliphatic carbocycles. The van der Waals surface area contributed by atoms with E-state index in [0.29, 0.717) is 18.2 Å². The van der Waals surface area contributed by atoms with Crippen molar-refractivity contribution in [3.63, 3.8) is 0 Å². The van der Waals surface area contributed by atoms with Crippen LogP contribution in [-0.2, 0) is 0 Å². The SMILES string of the molecule is O=C(c1ccc(F)c(Cl)c1)N1CC(c2nncn2C2CC2)C2(CCC2)C1. The standard InChI is InChI=1S/C19H20ClFN4O/c20-15-8-12(2-5-16(15)21)18(26)24-9-14(19(10-24)6-1-7-19)17-23-22-11-25(17)13-3-4-13/h2,5,8,11,13-14H,1,3-4,6-7,9-10H2. The molecule has 2 heterocycles. The van der Waals surface area contributed by atoms with Crippen LogP contribution in [-0.4, -0.2) is 38.7 Å². The van der Waals surface area contributed by atoms with E-state index in [1.165, 1.54) is 37.5 Å². The number of nitrogens with zero attached hydrogens (tertiary/aromatic N) is 4. The summed E-state index contributed by atoms with van der Waals surface area (Å²) in [4.78, 5) is 14.9. The van der Waals surface area contributed by atoms with Crippen molar-refractivity contribution in [2.24, 2.45) is 5.41 Å². The van der Waals surface area contributed by atoms with Crippen molar-refractivity contribution in [1.82, 2.24) is 19.7 Å². The van der Waals surface area contributed by atoms with Gasteiger partial charge in [0.25, 0.3) is 5.91 Å². The van der Waals surface area contributed by atoms with Crippen molar-refractivity contribution in [3.05, 3.63) is 46.8 Å². The fraction of sp³-hybridized carbons (Fsp3) is 0.526. The van der Waals surface area contributed by atoms with Crippen LogP contribution in [0.3, 0.4) is 0 Å². The van der Waals surface area contributed by atoms with Crippen LogP contribution < -0.4 is 0 Å². The van der Waals surface area contributed by atoms with Crippen molar-refractivity contribution in [2.45, 2.75) is 44.1 Å². The highest BCUT2D eigenvalue weighted by atomic mass is 35.5. The lowest BCUT2D eigenvalue weighted by Crippen LogP contribution is -2.38. The smallest absolute Gasteiger partial charge is 0.253 e. The van der Waals surface area contributed by atoms with E-state index in [0.717, 1.165) is 25.2 Å². The van der Waals surface area contributed by atoms with Gasteiger partial charge in [0.1, 0.15) is 18.0 Å². The van der Waals surface area contributed by atoms with Gasteiger partial charge in [0.05, 0.1) is 5.02 Å². The van der Waals surface area contributed by atoms with Gasteiger partial charge < -0.3 is 9.47 Å². The average molecular weight is 375 g/mol. The Morgan fingerprint density at radius 1 is 1.31 bits per heavy atom. The summed E-state index contributed by atoms with van der Waals surface area (Å²) in [5.41, 5.74) is 0.550. The number of aromatic nitrogens is 3. The van der Waals surface area contributed by atoms with Crippen LogP contribution in [0.5, 0.6) is 0 Å². The molecule has 1 amide bonds. The third-order valence-electron chi connectivity index (χ3n) is 6.30. The lowest BCUT2D eigenvalue weighted by Gasteiger charge is -2.42. The highest BCUT2D eigenvalue weighted by Gasteiger charge is 2.54. The molecular formula is C19H20ClFN4O. The minimum atomic E-state index is -0.504. The molecule has 7 heteroatoms. The van der Waals surface area contributed by atoms with E-state index in [4.69, 9.17) is 11.6 Å². The van der Waals surface area contributed by atoms with E-state index in [-0.39, 0.29) is 22.3 Å². The summed E-state index contributed by atoms with van der Waals surface area (Å²) in [5.74, 6) is 0.660. The van der Waals surface area contributed by atoms with E-state index in [1.807, 2.05) is 11.2 Å². The molecule has 1 saturated heterocycles. The number of rotatable bonds is 3. The van der Waals surface area contributed by atoms with Gasteiger partial charge in [-0.25, -0.2) is 4.39 Å². The number of carbonyl (C=O) groups is 1. The van der Waals surface area contributed by atoms with Crippen LogP contribution in [0.1, 0.15) is 60.2 Å². The van der Waals surface area contributed by atoms with Gasteiger partial charge in [-0.15, -0.1) is 10.2 Å². The fourth-order valence-electron chi connectivity index (χ4n) is 4.56. The van der Waals surface area contributed by atoms with Crippen molar-refractivity contribution in [1.29, 1.82) is 0 Å².